The van der Waals surface area contributed by atoms with Crippen LogP contribution < -0.4 is 5.56 Å². The van der Waals surface area contributed by atoms with Crippen LogP contribution in [-0.4, -0.2) is 39.8 Å². The van der Waals surface area contributed by atoms with Gasteiger partial charge >= 0.3 is 0 Å². The maximum atomic E-state index is 12.0. The van der Waals surface area contributed by atoms with Crippen LogP contribution in [0.5, 0.6) is 0 Å². The van der Waals surface area contributed by atoms with Gasteiger partial charge in [-0.05, 0) is 31.2 Å². The minimum Gasteiger partial charge on any atom is -0.393 e. The molecule has 4 rings (SSSR count). The smallest absolute Gasteiger partial charge is 0.250 e. The molecule has 0 aliphatic carbocycles. The molecule has 2 bridgehead atoms. The number of rotatable bonds is 0. The Morgan fingerprint density at radius 2 is 2.11 bits per heavy atom. The van der Waals surface area contributed by atoms with Gasteiger partial charge in [-0.2, -0.15) is 0 Å². The van der Waals surface area contributed by atoms with Gasteiger partial charge in [-0.3, -0.25) is 9.69 Å². The van der Waals surface area contributed by atoms with Crippen LogP contribution in [0, 0.1) is 5.92 Å². The molecule has 3 aliphatic rings. The van der Waals surface area contributed by atoms with E-state index in [1.807, 2.05) is 10.6 Å². The van der Waals surface area contributed by atoms with Crippen molar-refractivity contribution < 1.29 is 5.11 Å². The van der Waals surface area contributed by atoms with Crippen LogP contribution in [0.2, 0.25) is 0 Å². The fourth-order valence-corrected chi connectivity index (χ4v) is 4.36. The monoisotopic (exact) mass is 260 g/mol. The average molecular weight is 260 g/mol. The average Bonchev–Trinajstić information content (AvgIpc) is 2.41. The van der Waals surface area contributed by atoms with E-state index in [9.17, 15) is 9.90 Å². The summed E-state index contributed by atoms with van der Waals surface area (Å²) in [7, 11) is 0. The van der Waals surface area contributed by atoms with Gasteiger partial charge in [0.15, 0.2) is 0 Å². The van der Waals surface area contributed by atoms with Gasteiger partial charge in [0.1, 0.15) is 0 Å². The Kier molecular flexibility index (Phi) is 2.57. The zero-order chi connectivity index (χ0) is 13.0. The van der Waals surface area contributed by atoms with E-state index < -0.39 is 0 Å². The molecule has 0 saturated carbocycles. The zero-order valence-corrected chi connectivity index (χ0v) is 11.0. The van der Waals surface area contributed by atoms with Gasteiger partial charge < -0.3 is 9.67 Å². The second-order valence-corrected chi connectivity index (χ2v) is 6.33. The van der Waals surface area contributed by atoms with Crippen molar-refractivity contribution in [3.05, 3.63) is 34.2 Å². The Morgan fingerprint density at radius 3 is 3.00 bits per heavy atom. The topological polar surface area (TPSA) is 45.5 Å². The quantitative estimate of drug-likeness (QED) is 0.750. The number of pyridine rings is 1. The number of fused-ring (bicyclic) bond motifs is 6. The molecular formula is C15H20N2O2. The molecule has 3 aliphatic heterocycles. The number of aromatic nitrogens is 1. The Labute approximate surface area is 112 Å². The van der Waals surface area contributed by atoms with Crippen molar-refractivity contribution in [2.45, 2.75) is 43.9 Å². The van der Waals surface area contributed by atoms with E-state index in [1.54, 1.807) is 6.07 Å². The third kappa shape index (κ3) is 1.77. The molecular weight excluding hydrogens is 240 g/mol. The van der Waals surface area contributed by atoms with E-state index in [-0.39, 0.29) is 11.7 Å². The highest BCUT2D eigenvalue weighted by atomic mass is 16.3. The van der Waals surface area contributed by atoms with Crippen LogP contribution in [0.15, 0.2) is 23.0 Å². The predicted molar refractivity (Wildman–Crippen MR) is 72.2 cm³/mol. The fraction of sp³-hybridized carbons (Fsp3) is 0.667. The van der Waals surface area contributed by atoms with E-state index in [4.69, 9.17) is 0 Å². The SMILES string of the molecule is O=c1cccc2n1C[C@@H]1C[C@@H]2CN2CC[C@H](O)C[C@H]12. The summed E-state index contributed by atoms with van der Waals surface area (Å²) in [5, 5.41) is 9.90. The van der Waals surface area contributed by atoms with Crippen molar-refractivity contribution in [1.29, 1.82) is 0 Å². The normalized spacial score (nSPS) is 37.5. The Hall–Kier alpha value is -1.13. The molecule has 2 fully saturated rings. The first-order valence-corrected chi connectivity index (χ1v) is 7.34. The van der Waals surface area contributed by atoms with Gasteiger partial charge in [-0.25, -0.2) is 0 Å². The minimum absolute atomic E-state index is 0.136. The maximum absolute atomic E-state index is 12.0. The summed E-state index contributed by atoms with van der Waals surface area (Å²) in [5.74, 6) is 1.03. The summed E-state index contributed by atoms with van der Waals surface area (Å²) in [6.07, 6.45) is 2.81. The van der Waals surface area contributed by atoms with Crippen molar-refractivity contribution in [3.8, 4) is 0 Å². The molecule has 0 spiro atoms. The highest BCUT2D eigenvalue weighted by Gasteiger charge is 2.43. The number of nitrogens with zero attached hydrogens (tertiary/aromatic N) is 2. The Morgan fingerprint density at radius 1 is 1.21 bits per heavy atom. The van der Waals surface area contributed by atoms with E-state index in [0.29, 0.717) is 17.9 Å². The van der Waals surface area contributed by atoms with Crippen molar-refractivity contribution in [1.82, 2.24) is 9.47 Å². The fourth-order valence-electron chi connectivity index (χ4n) is 4.36. The lowest BCUT2D eigenvalue weighted by atomic mass is 9.75. The van der Waals surface area contributed by atoms with Gasteiger partial charge in [0.25, 0.3) is 5.56 Å². The van der Waals surface area contributed by atoms with Crippen LogP contribution in [0.25, 0.3) is 0 Å². The van der Waals surface area contributed by atoms with Crippen LogP contribution in [0.1, 0.15) is 30.9 Å². The van der Waals surface area contributed by atoms with Crippen molar-refractivity contribution in [2.75, 3.05) is 13.1 Å². The number of aliphatic hydroxyl groups excluding tert-OH is 1. The van der Waals surface area contributed by atoms with Gasteiger partial charge in [0.05, 0.1) is 6.10 Å². The summed E-state index contributed by atoms with van der Waals surface area (Å²) in [6.45, 7) is 2.90. The molecule has 2 saturated heterocycles. The summed E-state index contributed by atoms with van der Waals surface area (Å²) >= 11 is 0. The number of hydrogen-bond acceptors (Lipinski definition) is 3. The second-order valence-electron chi connectivity index (χ2n) is 6.33. The molecule has 0 aromatic carbocycles. The predicted octanol–water partition coefficient (Wildman–Crippen LogP) is 0.791. The number of aliphatic hydroxyl groups is 1. The summed E-state index contributed by atoms with van der Waals surface area (Å²) in [6, 6.07) is 6.14. The van der Waals surface area contributed by atoms with Gasteiger partial charge in [-0.15, -0.1) is 0 Å². The minimum atomic E-state index is -0.147. The van der Waals surface area contributed by atoms with E-state index >= 15 is 0 Å². The molecule has 19 heavy (non-hydrogen) atoms. The largest absolute Gasteiger partial charge is 0.393 e. The maximum Gasteiger partial charge on any atom is 0.250 e. The molecule has 0 unspecified atom stereocenters. The van der Waals surface area contributed by atoms with Crippen LogP contribution in [0.4, 0.5) is 0 Å². The number of piperidine rings is 2. The molecule has 1 aromatic rings. The molecule has 0 amide bonds. The van der Waals surface area contributed by atoms with Crippen molar-refractivity contribution in [2.24, 2.45) is 5.92 Å². The zero-order valence-electron chi connectivity index (χ0n) is 11.0. The second kappa shape index (κ2) is 4.18. The summed E-state index contributed by atoms with van der Waals surface area (Å²) in [5.41, 5.74) is 1.35. The lowest BCUT2D eigenvalue weighted by Gasteiger charge is -2.51. The van der Waals surface area contributed by atoms with Crippen molar-refractivity contribution >= 4 is 0 Å². The first-order chi connectivity index (χ1) is 9.22. The highest BCUT2D eigenvalue weighted by molar-refractivity contribution is 5.18. The van der Waals surface area contributed by atoms with Gasteiger partial charge in [0, 0.05) is 43.4 Å². The third-order valence-corrected chi connectivity index (χ3v) is 5.24. The molecule has 0 radical (unpaired) electrons. The lowest BCUT2D eigenvalue weighted by Crippen LogP contribution is -2.56. The van der Waals surface area contributed by atoms with Crippen LogP contribution >= 0.6 is 0 Å². The Bertz CT molecular complexity index is 553. The van der Waals surface area contributed by atoms with E-state index in [1.165, 1.54) is 12.1 Å². The molecule has 4 atom stereocenters. The first-order valence-electron chi connectivity index (χ1n) is 7.34. The molecule has 1 N–H and O–H groups in total. The lowest BCUT2D eigenvalue weighted by molar-refractivity contribution is -0.0247. The third-order valence-electron chi connectivity index (χ3n) is 5.24. The van der Waals surface area contributed by atoms with Crippen LogP contribution in [-0.2, 0) is 6.54 Å². The van der Waals surface area contributed by atoms with Crippen LogP contribution in [0.3, 0.4) is 0 Å². The van der Waals surface area contributed by atoms with E-state index in [2.05, 4.69) is 11.0 Å². The standard InChI is InChI=1S/C15H20N2O2/c18-12-4-5-16-8-10-6-11(14(16)7-12)9-17-13(10)2-1-3-15(17)19/h1-3,10-12,14,18H,4-9H2/t10-,11+,12+,14-/m1/s1. The molecule has 4 heteroatoms. The molecule has 4 nitrogen and oxygen atoms in total. The van der Waals surface area contributed by atoms with Gasteiger partial charge in [-0.1, -0.05) is 6.07 Å². The summed E-state index contributed by atoms with van der Waals surface area (Å²) in [4.78, 5) is 14.6. The molecule has 4 heterocycles. The number of hydrogen-bond donors (Lipinski definition) is 1. The molecule has 1 aromatic heterocycles. The van der Waals surface area contributed by atoms with Crippen molar-refractivity contribution in [3.63, 3.8) is 0 Å². The Balaban J connectivity index is 1.73. The first kappa shape index (κ1) is 11.7. The summed E-state index contributed by atoms with van der Waals surface area (Å²) < 4.78 is 1.97. The highest BCUT2D eigenvalue weighted by Crippen LogP contribution is 2.41. The van der Waals surface area contributed by atoms with E-state index in [0.717, 1.165) is 32.5 Å². The molecule has 102 valence electrons. The van der Waals surface area contributed by atoms with Gasteiger partial charge in [0.2, 0.25) is 0 Å².